The Bertz CT molecular complexity index is 1200. The van der Waals surface area contributed by atoms with Crippen molar-refractivity contribution in [2.75, 3.05) is 48.0 Å². The molecule has 10 heteroatoms. The van der Waals surface area contributed by atoms with Gasteiger partial charge in [-0.3, -0.25) is 5.32 Å². The highest BCUT2D eigenvalue weighted by Crippen LogP contribution is 2.33. The standard InChI is InChI=1S/C25H33FN8O/c1-16(2)18-12-30-23(34-9-4-7-27-15-34)19-13-29-22(11-17(18)19)31-21-5-8-28-24(32-21)33-10-6-20(35)25(3,26)14-33/h5,8,11-13,16,20,27,35H,4,6-7,9-10,14-15H2,1-3H3,(H,28,29,31,32)/t20-,25+/m1/s1. The number of fused-ring (bicyclic) bond motifs is 1. The van der Waals surface area contributed by atoms with Crippen LogP contribution in [-0.2, 0) is 0 Å². The predicted octanol–water partition coefficient (Wildman–Crippen LogP) is 3.34. The first-order valence-electron chi connectivity index (χ1n) is 12.3. The number of aromatic nitrogens is 4. The van der Waals surface area contributed by atoms with E-state index in [0.717, 1.165) is 48.3 Å². The van der Waals surface area contributed by atoms with Crippen molar-refractivity contribution in [3.05, 3.63) is 36.3 Å². The van der Waals surface area contributed by atoms with Crippen molar-refractivity contribution >= 4 is 34.2 Å². The Balaban J connectivity index is 1.44. The number of nitrogens with zero attached hydrogens (tertiary/aromatic N) is 6. The Morgan fingerprint density at radius 1 is 1.14 bits per heavy atom. The monoisotopic (exact) mass is 480 g/mol. The van der Waals surface area contributed by atoms with Crippen molar-refractivity contribution < 1.29 is 9.50 Å². The molecule has 5 rings (SSSR count). The van der Waals surface area contributed by atoms with E-state index in [1.165, 1.54) is 6.92 Å². The molecule has 3 aromatic rings. The molecule has 0 bridgehead atoms. The van der Waals surface area contributed by atoms with Gasteiger partial charge in [-0.25, -0.2) is 19.3 Å². The SMILES string of the molecule is CC(C)c1cnc(N2CCCNC2)c2cnc(Nc3ccnc(N4CC[C@@H](O)[C@@](C)(F)C4)n3)cc12. The minimum Gasteiger partial charge on any atom is -0.390 e. The summed E-state index contributed by atoms with van der Waals surface area (Å²) >= 11 is 0. The molecule has 0 radical (unpaired) electrons. The van der Waals surface area contributed by atoms with Crippen molar-refractivity contribution in [1.29, 1.82) is 0 Å². The molecule has 0 unspecified atom stereocenters. The Morgan fingerprint density at radius 2 is 2.00 bits per heavy atom. The summed E-state index contributed by atoms with van der Waals surface area (Å²) in [5, 5.41) is 18.8. The van der Waals surface area contributed by atoms with Gasteiger partial charge in [0.2, 0.25) is 5.95 Å². The minimum atomic E-state index is -1.70. The number of piperidine rings is 1. The number of aliphatic hydroxyl groups excluding tert-OH is 1. The van der Waals surface area contributed by atoms with Gasteiger partial charge in [-0.05, 0) is 55.3 Å². The van der Waals surface area contributed by atoms with Crippen LogP contribution in [0.3, 0.4) is 0 Å². The molecule has 35 heavy (non-hydrogen) atoms. The van der Waals surface area contributed by atoms with E-state index < -0.39 is 11.8 Å². The van der Waals surface area contributed by atoms with E-state index in [0.29, 0.717) is 36.5 Å². The number of hydrogen-bond donors (Lipinski definition) is 3. The van der Waals surface area contributed by atoms with E-state index in [-0.39, 0.29) is 6.54 Å². The van der Waals surface area contributed by atoms with Crippen LogP contribution in [0.2, 0.25) is 0 Å². The lowest BCUT2D eigenvalue weighted by Crippen LogP contribution is -2.52. The number of alkyl halides is 1. The largest absolute Gasteiger partial charge is 0.390 e. The maximum atomic E-state index is 14.7. The molecule has 5 heterocycles. The van der Waals surface area contributed by atoms with Crippen molar-refractivity contribution in [3.63, 3.8) is 0 Å². The minimum absolute atomic E-state index is 0.0464. The Labute approximate surface area is 204 Å². The molecule has 0 saturated carbocycles. The third kappa shape index (κ3) is 4.85. The van der Waals surface area contributed by atoms with Gasteiger partial charge in [0.15, 0.2) is 5.67 Å². The van der Waals surface area contributed by atoms with Crippen LogP contribution in [-0.4, -0.2) is 69.7 Å². The number of nitrogens with one attached hydrogen (secondary N) is 2. The molecule has 0 spiro atoms. The third-order valence-electron chi connectivity index (χ3n) is 6.84. The van der Waals surface area contributed by atoms with Crippen LogP contribution < -0.4 is 20.4 Å². The normalized spacial score (nSPS) is 23.2. The van der Waals surface area contributed by atoms with Crippen molar-refractivity contribution in [2.45, 2.75) is 51.3 Å². The second kappa shape index (κ2) is 9.50. The molecular formula is C25H33FN8O. The fourth-order valence-electron chi connectivity index (χ4n) is 4.80. The lowest BCUT2D eigenvalue weighted by molar-refractivity contribution is -0.00860. The van der Waals surface area contributed by atoms with Gasteiger partial charge < -0.3 is 20.2 Å². The highest BCUT2D eigenvalue weighted by Gasteiger charge is 2.39. The zero-order chi connectivity index (χ0) is 24.6. The van der Waals surface area contributed by atoms with Gasteiger partial charge >= 0.3 is 0 Å². The van der Waals surface area contributed by atoms with E-state index in [9.17, 15) is 9.50 Å². The fourth-order valence-corrected chi connectivity index (χ4v) is 4.80. The van der Waals surface area contributed by atoms with Crippen LogP contribution in [0.5, 0.6) is 0 Å². The molecule has 0 amide bonds. The van der Waals surface area contributed by atoms with Gasteiger partial charge in [0, 0.05) is 37.1 Å². The fraction of sp³-hybridized carbons (Fsp3) is 0.520. The molecule has 9 nitrogen and oxygen atoms in total. The molecule has 2 saturated heterocycles. The number of pyridine rings is 2. The number of rotatable bonds is 5. The smallest absolute Gasteiger partial charge is 0.227 e. The Morgan fingerprint density at radius 3 is 2.74 bits per heavy atom. The first-order valence-corrected chi connectivity index (χ1v) is 12.3. The summed E-state index contributed by atoms with van der Waals surface area (Å²) in [6.45, 7) is 9.05. The van der Waals surface area contributed by atoms with Gasteiger partial charge in [0.25, 0.3) is 0 Å². The van der Waals surface area contributed by atoms with Gasteiger partial charge in [0.1, 0.15) is 17.5 Å². The molecule has 2 aliphatic rings. The van der Waals surface area contributed by atoms with Gasteiger partial charge in [0.05, 0.1) is 19.3 Å². The van der Waals surface area contributed by atoms with E-state index in [1.807, 2.05) is 18.5 Å². The zero-order valence-corrected chi connectivity index (χ0v) is 20.5. The summed E-state index contributed by atoms with van der Waals surface area (Å²) in [7, 11) is 0. The molecule has 3 N–H and O–H groups in total. The summed E-state index contributed by atoms with van der Waals surface area (Å²) in [4.78, 5) is 22.4. The molecular weight excluding hydrogens is 447 g/mol. The lowest BCUT2D eigenvalue weighted by Gasteiger charge is -2.38. The van der Waals surface area contributed by atoms with Crippen molar-refractivity contribution in [3.8, 4) is 0 Å². The van der Waals surface area contributed by atoms with Crippen LogP contribution in [0, 0.1) is 0 Å². The molecule has 0 aliphatic carbocycles. The molecule has 3 aromatic heterocycles. The van der Waals surface area contributed by atoms with Crippen LogP contribution in [0.1, 0.15) is 45.1 Å². The molecule has 0 aromatic carbocycles. The zero-order valence-electron chi connectivity index (χ0n) is 20.5. The van der Waals surface area contributed by atoms with E-state index in [1.54, 1.807) is 17.2 Å². The molecule has 2 aliphatic heterocycles. The molecule has 2 atom stereocenters. The van der Waals surface area contributed by atoms with Crippen molar-refractivity contribution in [1.82, 2.24) is 25.3 Å². The molecule has 2 fully saturated rings. The summed E-state index contributed by atoms with van der Waals surface area (Å²) in [6.07, 6.45) is 5.94. The molecule has 186 valence electrons. The average Bonchev–Trinajstić information content (AvgIpc) is 2.85. The highest BCUT2D eigenvalue weighted by atomic mass is 19.1. The van der Waals surface area contributed by atoms with Crippen LogP contribution in [0.4, 0.5) is 27.8 Å². The summed E-state index contributed by atoms with van der Waals surface area (Å²) in [6, 6.07) is 3.81. The van der Waals surface area contributed by atoms with Crippen LogP contribution in [0.25, 0.3) is 10.8 Å². The average molecular weight is 481 g/mol. The van der Waals surface area contributed by atoms with E-state index >= 15 is 0 Å². The van der Waals surface area contributed by atoms with Crippen LogP contribution in [0.15, 0.2) is 30.7 Å². The predicted molar refractivity (Wildman–Crippen MR) is 136 cm³/mol. The second-order valence-electron chi connectivity index (χ2n) is 9.95. The topological polar surface area (TPSA) is 102 Å². The maximum absolute atomic E-state index is 14.7. The third-order valence-corrected chi connectivity index (χ3v) is 6.84. The van der Waals surface area contributed by atoms with Crippen LogP contribution >= 0.6 is 0 Å². The van der Waals surface area contributed by atoms with Gasteiger partial charge in [-0.1, -0.05) is 13.8 Å². The first kappa shape index (κ1) is 23.6. The Kier molecular flexibility index (Phi) is 6.41. The lowest BCUT2D eigenvalue weighted by atomic mass is 9.94. The van der Waals surface area contributed by atoms with Gasteiger partial charge in [-0.2, -0.15) is 4.98 Å². The summed E-state index contributed by atoms with van der Waals surface area (Å²) in [5.41, 5.74) is -0.537. The highest BCUT2D eigenvalue weighted by molar-refractivity contribution is 5.95. The number of halogens is 1. The second-order valence-corrected chi connectivity index (χ2v) is 9.95. The quantitative estimate of drug-likeness (QED) is 0.507. The maximum Gasteiger partial charge on any atom is 0.227 e. The number of aliphatic hydroxyl groups is 1. The summed E-state index contributed by atoms with van der Waals surface area (Å²) in [5.74, 6) is 2.93. The van der Waals surface area contributed by atoms with Gasteiger partial charge in [-0.15, -0.1) is 0 Å². The van der Waals surface area contributed by atoms with E-state index in [2.05, 4.69) is 44.3 Å². The summed E-state index contributed by atoms with van der Waals surface area (Å²) < 4.78 is 14.7. The Hall–Kier alpha value is -3.11. The number of hydrogen-bond acceptors (Lipinski definition) is 9. The first-order chi connectivity index (χ1) is 16.8. The van der Waals surface area contributed by atoms with Crippen molar-refractivity contribution in [2.24, 2.45) is 0 Å². The number of anilines is 4. The van der Waals surface area contributed by atoms with E-state index in [4.69, 9.17) is 4.98 Å².